The molecule has 28 heavy (non-hydrogen) atoms. The standard InChI is InChI=1S/C21H21N3O4/c1-13-9-20(26)28-18-11-15(7-8-16(13)18)23-21(27)17(24-19(25)12-22)10-14-5-3-2-4-6-14/h2-9,11,17H,10,12,22H2,1H3,(H,23,27)(H,24,25)/t17-/m0/s1. The van der Waals surface area contributed by atoms with E-state index in [2.05, 4.69) is 10.6 Å². The molecule has 144 valence electrons. The summed E-state index contributed by atoms with van der Waals surface area (Å²) in [6, 6.07) is 15.1. The van der Waals surface area contributed by atoms with Crippen LogP contribution in [0.1, 0.15) is 11.1 Å². The minimum Gasteiger partial charge on any atom is -0.423 e. The van der Waals surface area contributed by atoms with E-state index < -0.39 is 17.6 Å². The van der Waals surface area contributed by atoms with Crippen molar-refractivity contribution in [3.05, 3.63) is 76.1 Å². The summed E-state index contributed by atoms with van der Waals surface area (Å²) >= 11 is 0. The number of fused-ring (bicyclic) bond motifs is 1. The molecule has 0 saturated carbocycles. The fourth-order valence-electron chi connectivity index (χ4n) is 2.94. The largest absolute Gasteiger partial charge is 0.423 e. The minimum absolute atomic E-state index is 0.209. The summed E-state index contributed by atoms with van der Waals surface area (Å²) in [7, 11) is 0. The Kier molecular flexibility index (Phi) is 5.86. The van der Waals surface area contributed by atoms with Crippen LogP contribution in [-0.4, -0.2) is 24.4 Å². The average Bonchev–Trinajstić information content (AvgIpc) is 2.67. The Morgan fingerprint density at radius 3 is 2.57 bits per heavy atom. The van der Waals surface area contributed by atoms with Crippen molar-refractivity contribution in [2.45, 2.75) is 19.4 Å². The third kappa shape index (κ3) is 4.63. The summed E-state index contributed by atoms with van der Waals surface area (Å²) in [6.45, 7) is 1.61. The molecule has 3 aromatic rings. The van der Waals surface area contributed by atoms with Crippen LogP contribution >= 0.6 is 0 Å². The summed E-state index contributed by atoms with van der Waals surface area (Å²) in [4.78, 5) is 36.1. The molecule has 3 rings (SSSR count). The maximum atomic E-state index is 12.8. The lowest BCUT2D eigenvalue weighted by Crippen LogP contribution is -2.47. The van der Waals surface area contributed by atoms with Gasteiger partial charge in [0, 0.05) is 29.6 Å². The summed E-state index contributed by atoms with van der Waals surface area (Å²) < 4.78 is 5.21. The van der Waals surface area contributed by atoms with Crippen LogP contribution in [0.25, 0.3) is 11.0 Å². The first kappa shape index (κ1) is 19.3. The molecule has 7 heteroatoms. The Morgan fingerprint density at radius 2 is 1.86 bits per heavy atom. The quantitative estimate of drug-likeness (QED) is 0.564. The van der Waals surface area contributed by atoms with Gasteiger partial charge in [-0.2, -0.15) is 0 Å². The van der Waals surface area contributed by atoms with E-state index in [0.717, 1.165) is 16.5 Å². The van der Waals surface area contributed by atoms with E-state index in [1.54, 1.807) is 18.2 Å². The first-order valence-corrected chi connectivity index (χ1v) is 8.85. The Hall–Kier alpha value is -3.45. The van der Waals surface area contributed by atoms with Crippen molar-refractivity contribution in [2.75, 3.05) is 11.9 Å². The highest BCUT2D eigenvalue weighted by Crippen LogP contribution is 2.21. The van der Waals surface area contributed by atoms with Gasteiger partial charge in [0.15, 0.2) is 0 Å². The van der Waals surface area contributed by atoms with Crippen LogP contribution < -0.4 is 22.0 Å². The molecule has 0 aliphatic rings. The van der Waals surface area contributed by atoms with Gasteiger partial charge in [0.1, 0.15) is 11.6 Å². The predicted molar refractivity (Wildman–Crippen MR) is 107 cm³/mol. The zero-order valence-corrected chi connectivity index (χ0v) is 15.4. The van der Waals surface area contributed by atoms with Gasteiger partial charge in [-0.05, 0) is 30.2 Å². The van der Waals surface area contributed by atoms with Crippen LogP contribution in [-0.2, 0) is 16.0 Å². The maximum Gasteiger partial charge on any atom is 0.336 e. The van der Waals surface area contributed by atoms with E-state index in [4.69, 9.17) is 10.2 Å². The first-order chi connectivity index (χ1) is 13.5. The van der Waals surface area contributed by atoms with E-state index in [1.807, 2.05) is 37.3 Å². The lowest BCUT2D eigenvalue weighted by molar-refractivity contribution is -0.125. The second-order valence-corrected chi connectivity index (χ2v) is 6.46. The molecule has 0 unspecified atom stereocenters. The Morgan fingerprint density at radius 1 is 1.11 bits per heavy atom. The predicted octanol–water partition coefficient (Wildman–Crippen LogP) is 1.73. The van der Waals surface area contributed by atoms with Gasteiger partial charge in [0.2, 0.25) is 11.8 Å². The number of aryl methyl sites for hydroxylation is 1. The van der Waals surface area contributed by atoms with Crippen molar-refractivity contribution in [1.29, 1.82) is 0 Å². The van der Waals surface area contributed by atoms with E-state index in [-0.39, 0.29) is 12.5 Å². The molecule has 1 aromatic heterocycles. The number of benzene rings is 2. The van der Waals surface area contributed by atoms with Gasteiger partial charge in [0.25, 0.3) is 0 Å². The summed E-state index contributed by atoms with van der Waals surface area (Å²) in [5.41, 5.74) is 7.46. The molecule has 0 fully saturated rings. The minimum atomic E-state index is -0.793. The molecule has 2 aromatic carbocycles. The van der Waals surface area contributed by atoms with E-state index in [1.165, 1.54) is 6.07 Å². The van der Waals surface area contributed by atoms with Crippen molar-refractivity contribution >= 4 is 28.5 Å². The molecule has 0 aliphatic heterocycles. The number of hydrogen-bond acceptors (Lipinski definition) is 5. The van der Waals surface area contributed by atoms with Gasteiger partial charge >= 0.3 is 5.63 Å². The van der Waals surface area contributed by atoms with Crippen LogP contribution in [0.3, 0.4) is 0 Å². The highest BCUT2D eigenvalue weighted by Gasteiger charge is 2.21. The molecule has 0 spiro atoms. The van der Waals surface area contributed by atoms with Gasteiger partial charge in [-0.1, -0.05) is 30.3 Å². The molecule has 0 saturated heterocycles. The molecular formula is C21H21N3O4. The zero-order chi connectivity index (χ0) is 20.1. The van der Waals surface area contributed by atoms with Gasteiger partial charge in [-0.25, -0.2) is 4.79 Å². The fraction of sp³-hybridized carbons (Fsp3) is 0.190. The van der Waals surface area contributed by atoms with Crippen molar-refractivity contribution in [2.24, 2.45) is 5.73 Å². The summed E-state index contributed by atoms with van der Waals surface area (Å²) in [6.07, 6.45) is 0.320. The van der Waals surface area contributed by atoms with Crippen molar-refractivity contribution in [3.8, 4) is 0 Å². The number of hydrogen-bond donors (Lipinski definition) is 3. The van der Waals surface area contributed by atoms with Crippen LogP contribution in [0.5, 0.6) is 0 Å². The highest BCUT2D eigenvalue weighted by atomic mass is 16.4. The third-order valence-corrected chi connectivity index (χ3v) is 4.34. The van der Waals surface area contributed by atoms with Crippen LogP contribution in [0, 0.1) is 6.92 Å². The Labute approximate surface area is 161 Å². The number of nitrogens with one attached hydrogen (secondary N) is 2. The molecule has 7 nitrogen and oxygen atoms in total. The summed E-state index contributed by atoms with van der Waals surface area (Å²) in [5, 5.41) is 6.19. The molecule has 0 bridgehead atoms. The maximum absolute atomic E-state index is 12.8. The lowest BCUT2D eigenvalue weighted by atomic mass is 10.0. The van der Waals surface area contributed by atoms with Crippen LogP contribution in [0.2, 0.25) is 0 Å². The molecule has 1 heterocycles. The number of amides is 2. The monoisotopic (exact) mass is 379 g/mol. The van der Waals surface area contributed by atoms with Gasteiger partial charge in [-0.3, -0.25) is 9.59 Å². The van der Waals surface area contributed by atoms with E-state index >= 15 is 0 Å². The van der Waals surface area contributed by atoms with Crippen LogP contribution in [0.15, 0.2) is 63.8 Å². The van der Waals surface area contributed by atoms with Crippen molar-refractivity contribution in [3.63, 3.8) is 0 Å². The number of rotatable bonds is 6. The highest BCUT2D eigenvalue weighted by molar-refractivity contribution is 5.99. The topological polar surface area (TPSA) is 114 Å². The van der Waals surface area contributed by atoms with Gasteiger partial charge in [-0.15, -0.1) is 0 Å². The number of nitrogens with two attached hydrogens (primary N) is 1. The number of anilines is 1. The number of carbonyl (C=O) groups is 2. The van der Waals surface area contributed by atoms with E-state index in [9.17, 15) is 14.4 Å². The van der Waals surface area contributed by atoms with Crippen molar-refractivity contribution < 1.29 is 14.0 Å². The third-order valence-electron chi connectivity index (χ3n) is 4.34. The molecule has 1 atom stereocenters. The second-order valence-electron chi connectivity index (χ2n) is 6.46. The molecule has 2 amide bonds. The summed E-state index contributed by atoms with van der Waals surface area (Å²) in [5.74, 6) is -0.809. The zero-order valence-electron chi connectivity index (χ0n) is 15.4. The van der Waals surface area contributed by atoms with E-state index in [0.29, 0.717) is 17.7 Å². The Balaban J connectivity index is 1.83. The first-order valence-electron chi connectivity index (χ1n) is 8.85. The molecule has 0 radical (unpaired) electrons. The smallest absolute Gasteiger partial charge is 0.336 e. The van der Waals surface area contributed by atoms with Crippen molar-refractivity contribution in [1.82, 2.24) is 5.32 Å². The Bertz CT molecular complexity index is 1060. The molecule has 4 N–H and O–H groups in total. The normalized spacial score (nSPS) is 11.8. The van der Waals surface area contributed by atoms with Gasteiger partial charge in [0.05, 0.1) is 6.54 Å². The van der Waals surface area contributed by atoms with Crippen LogP contribution in [0.4, 0.5) is 5.69 Å². The number of carbonyl (C=O) groups excluding carboxylic acids is 2. The average molecular weight is 379 g/mol. The molecular weight excluding hydrogens is 358 g/mol. The second kappa shape index (κ2) is 8.49. The molecule has 0 aliphatic carbocycles. The lowest BCUT2D eigenvalue weighted by Gasteiger charge is -2.18. The fourth-order valence-corrected chi connectivity index (χ4v) is 2.94. The van der Waals surface area contributed by atoms with Gasteiger partial charge < -0.3 is 20.8 Å². The SMILES string of the molecule is Cc1cc(=O)oc2cc(NC(=O)[C@H](Cc3ccccc3)NC(=O)CN)ccc12.